The molecule has 0 bridgehead atoms. The van der Waals surface area contributed by atoms with E-state index < -0.39 is 11.4 Å². The predicted molar refractivity (Wildman–Crippen MR) is 123 cm³/mol. The first-order chi connectivity index (χ1) is 15.5. The highest BCUT2D eigenvalue weighted by Gasteiger charge is 2.42. The van der Waals surface area contributed by atoms with Crippen LogP contribution in [0.25, 0.3) is 16.7 Å². The summed E-state index contributed by atoms with van der Waals surface area (Å²) in [6.45, 7) is 4.18. The van der Waals surface area contributed by atoms with Crippen LogP contribution in [0.3, 0.4) is 0 Å². The Bertz CT molecular complexity index is 1330. The van der Waals surface area contributed by atoms with Gasteiger partial charge in [-0.3, -0.25) is 19.1 Å². The number of benzene rings is 1. The molecule has 2 fully saturated rings. The van der Waals surface area contributed by atoms with Crippen LogP contribution in [0, 0.1) is 5.41 Å². The quantitative estimate of drug-likeness (QED) is 0.570. The molecule has 0 radical (unpaired) electrons. The number of aromatic nitrogens is 2. The normalized spacial score (nSPS) is 23.1. The zero-order chi connectivity index (χ0) is 22.0. The number of aliphatic imine (C=N–C) groups is 1. The fourth-order valence-electron chi connectivity index (χ4n) is 5.59. The Morgan fingerprint density at radius 3 is 2.72 bits per heavy atom. The van der Waals surface area contributed by atoms with Crippen molar-refractivity contribution in [2.24, 2.45) is 10.4 Å². The van der Waals surface area contributed by atoms with Gasteiger partial charge in [-0.05, 0) is 56.9 Å². The van der Waals surface area contributed by atoms with Crippen LogP contribution in [-0.4, -0.2) is 76.0 Å². The third kappa shape index (κ3) is 2.81. The molecule has 1 atom stereocenters. The topological polar surface area (TPSA) is 105 Å². The van der Waals surface area contributed by atoms with Gasteiger partial charge in [0.15, 0.2) is 6.29 Å². The van der Waals surface area contributed by atoms with Crippen molar-refractivity contribution in [2.45, 2.75) is 25.6 Å². The highest BCUT2D eigenvalue weighted by Crippen LogP contribution is 2.41. The van der Waals surface area contributed by atoms with E-state index in [0.717, 1.165) is 43.6 Å². The van der Waals surface area contributed by atoms with Crippen molar-refractivity contribution in [2.75, 3.05) is 38.5 Å². The van der Waals surface area contributed by atoms with E-state index in [2.05, 4.69) is 32.1 Å². The number of para-hydroxylation sites is 2. The molecule has 3 N–H and O–H groups in total. The Labute approximate surface area is 184 Å². The molecule has 6 rings (SSSR count). The van der Waals surface area contributed by atoms with Gasteiger partial charge in [-0.25, -0.2) is 4.79 Å². The van der Waals surface area contributed by atoms with E-state index in [0.29, 0.717) is 11.2 Å². The Hall–Kier alpha value is -3.17. The Morgan fingerprint density at radius 1 is 1.19 bits per heavy atom. The van der Waals surface area contributed by atoms with Crippen LogP contribution in [0.4, 0.5) is 5.82 Å². The lowest BCUT2D eigenvalue weighted by atomic mass is 9.78. The van der Waals surface area contributed by atoms with Crippen LogP contribution < -0.4 is 10.7 Å². The van der Waals surface area contributed by atoms with Crippen LogP contribution in [0.2, 0.25) is 0 Å². The highest BCUT2D eigenvalue weighted by atomic mass is 16.4. The van der Waals surface area contributed by atoms with Crippen molar-refractivity contribution < 1.29 is 9.90 Å². The van der Waals surface area contributed by atoms with Gasteiger partial charge in [-0.2, -0.15) is 0 Å². The van der Waals surface area contributed by atoms with E-state index in [1.807, 2.05) is 28.7 Å². The first kappa shape index (κ1) is 19.5. The molecule has 0 amide bonds. The number of H-pyrrole nitrogens is 1. The van der Waals surface area contributed by atoms with E-state index in [9.17, 15) is 14.7 Å². The van der Waals surface area contributed by atoms with E-state index in [4.69, 9.17) is 0 Å². The van der Waals surface area contributed by atoms with Crippen molar-refractivity contribution >= 4 is 34.7 Å². The Kier molecular flexibility index (Phi) is 4.22. The number of carboxylic acids is 1. The first-order valence-corrected chi connectivity index (χ1v) is 11.1. The van der Waals surface area contributed by atoms with Crippen molar-refractivity contribution in [3.05, 3.63) is 45.6 Å². The van der Waals surface area contributed by atoms with Gasteiger partial charge in [0.1, 0.15) is 17.0 Å². The van der Waals surface area contributed by atoms with Gasteiger partial charge in [0, 0.05) is 19.3 Å². The summed E-state index contributed by atoms with van der Waals surface area (Å²) in [7, 11) is 2.18. The second-order valence-electron chi connectivity index (χ2n) is 9.42. The summed E-state index contributed by atoms with van der Waals surface area (Å²) in [6.07, 6.45) is 4.82. The number of nitrogens with zero attached hydrogens (tertiary/aromatic N) is 4. The molecule has 9 nitrogen and oxygen atoms in total. The number of rotatable bonds is 2. The summed E-state index contributed by atoms with van der Waals surface area (Å²) >= 11 is 0. The van der Waals surface area contributed by atoms with Crippen LogP contribution in [0.15, 0.2) is 34.1 Å². The van der Waals surface area contributed by atoms with Gasteiger partial charge >= 0.3 is 5.97 Å². The second-order valence-corrected chi connectivity index (χ2v) is 9.42. The summed E-state index contributed by atoms with van der Waals surface area (Å²) in [5, 5.41) is 13.2. The summed E-state index contributed by atoms with van der Waals surface area (Å²) in [4.78, 5) is 37.6. The third-order valence-corrected chi connectivity index (χ3v) is 7.49. The van der Waals surface area contributed by atoms with Crippen LogP contribution in [-0.2, 0) is 0 Å². The first-order valence-electron chi connectivity index (χ1n) is 11.1. The number of carboxylic acid groups (broad SMARTS) is 1. The zero-order valence-corrected chi connectivity index (χ0v) is 18.0. The van der Waals surface area contributed by atoms with Gasteiger partial charge in [0.25, 0.3) is 0 Å². The monoisotopic (exact) mass is 434 g/mol. The molecule has 32 heavy (non-hydrogen) atoms. The molecule has 3 aliphatic heterocycles. The molecule has 1 spiro atoms. The lowest BCUT2D eigenvalue weighted by Crippen LogP contribution is -2.45. The molecule has 2 aromatic heterocycles. The Morgan fingerprint density at radius 2 is 1.94 bits per heavy atom. The lowest BCUT2D eigenvalue weighted by molar-refractivity contribution is 0.0697. The maximum atomic E-state index is 13.1. The fourth-order valence-corrected chi connectivity index (χ4v) is 5.59. The molecule has 0 saturated carbocycles. The minimum absolute atomic E-state index is 0.266. The lowest BCUT2D eigenvalue weighted by Gasteiger charge is -2.38. The third-order valence-electron chi connectivity index (χ3n) is 7.49. The maximum absolute atomic E-state index is 13.1. The largest absolute Gasteiger partial charge is 0.477 e. The molecule has 9 heteroatoms. The number of piperidine rings is 1. The number of hydrogen-bond donors (Lipinski definition) is 3. The van der Waals surface area contributed by atoms with Crippen molar-refractivity contribution in [1.82, 2.24) is 19.2 Å². The van der Waals surface area contributed by atoms with Crippen LogP contribution in [0.5, 0.6) is 0 Å². The number of hydrogen-bond acceptors (Lipinski definition) is 6. The molecule has 1 unspecified atom stereocenters. The fraction of sp³-hybridized carbons (Fsp3) is 0.435. The van der Waals surface area contributed by atoms with Crippen molar-refractivity contribution in [1.29, 1.82) is 0 Å². The van der Waals surface area contributed by atoms with Gasteiger partial charge < -0.3 is 20.3 Å². The highest BCUT2D eigenvalue weighted by molar-refractivity contribution is 6.02. The smallest absolute Gasteiger partial charge is 0.343 e. The predicted octanol–water partition coefficient (Wildman–Crippen LogP) is 2.02. The van der Waals surface area contributed by atoms with Gasteiger partial charge in [0.05, 0.1) is 16.6 Å². The molecule has 2 saturated heterocycles. The van der Waals surface area contributed by atoms with E-state index in [1.165, 1.54) is 12.8 Å². The SMILES string of the molecule is CN1CCC2(CC1)CCN(C1N=Cc3c(n4c([nH]c5ccccc54)c(C(=O)O)c3=O)N1)C2. The maximum Gasteiger partial charge on any atom is 0.343 e. The summed E-state index contributed by atoms with van der Waals surface area (Å²) in [6, 6.07) is 7.58. The Balaban J connectivity index is 1.43. The number of carbonyl (C=O) groups is 1. The van der Waals surface area contributed by atoms with E-state index in [-0.39, 0.29) is 23.1 Å². The molecular weight excluding hydrogens is 408 g/mol. The van der Waals surface area contributed by atoms with Gasteiger partial charge in [-0.1, -0.05) is 12.1 Å². The summed E-state index contributed by atoms with van der Waals surface area (Å²) in [5.41, 5.74) is 1.71. The number of aromatic carboxylic acids is 1. The standard InChI is InChI=1S/C23H26N6O3/c1-27-9-6-23(7-10-27)8-11-28(13-23)22-24-12-14-18(30)17(21(31)32)20-25-15-4-2-3-5-16(15)29(20)19(14)26-22/h2-5,12,22,25-26H,6-11,13H2,1H3,(H,31,32). The number of imidazole rings is 1. The number of fused-ring (bicyclic) bond motifs is 5. The molecule has 166 valence electrons. The number of likely N-dealkylation sites (tertiary alicyclic amines) is 2. The molecule has 5 heterocycles. The molecule has 1 aromatic carbocycles. The number of pyridine rings is 1. The second kappa shape index (κ2) is 6.91. The number of aromatic amines is 1. The number of nitrogens with one attached hydrogen (secondary N) is 2. The number of anilines is 1. The summed E-state index contributed by atoms with van der Waals surface area (Å²) < 4.78 is 1.81. The van der Waals surface area contributed by atoms with Crippen LogP contribution in [0.1, 0.15) is 35.2 Å². The van der Waals surface area contributed by atoms with Gasteiger partial charge in [0.2, 0.25) is 5.43 Å². The minimum atomic E-state index is -1.25. The average Bonchev–Trinajstić information content (AvgIpc) is 3.37. The van der Waals surface area contributed by atoms with E-state index >= 15 is 0 Å². The van der Waals surface area contributed by atoms with E-state index in [1.54, 1.807) is 6.21 Å². The molecule has 0 aliphatic carbocycles. The molecular formula is C23H26N6O3. The van der Waals surface area contributed by atoms with Crippen molar-refractivity contribution in [3.63, 3.8) is 0 Å². The summed E-state index contributed by atoms with van der Waals surface area (Å²) in [5.74, 6) is -0.655. The van der Waals surface area contributed by atoms with Crippen molar-refractivity contribution in [3.8, 4) is 0 Å². The average molecular weight is 435 g/mol. The molecule has 3 aliphatic rings. The van der Waals surface area contributed by atoms with Gasteiger partial charge in [-0.15, -0.1) is 0 Å². The molecule has 3 aromatic rings. The minimum Gasteiger partial charge on any atom is -0.477 e. The zero-order valence-electron chi connectivity index (χ0n) is 18.0. The van der Waals surface area contributed by atoms with Crippen LogP contribution >= 0.6 is 0 Å².